The first-order valence-corrected chi connectivity index (χ1v) is 12.9. The second-order valence-corrected chi connectivity index (χ2v) is 10.8. The summed E-state index contributed by atoms with van der Waals surface area (Å²) >= 11 is 0. The highest BCUT2D eigenvalue weighted by molar-refractivity contribution is 6.09. The van der Waals surface area contributed by atoms with Crippen LogP contribution < -0.4 is 10.6 Å². The average Bonchev–Trinajstić information content (AvgIpc) is 3.29. The van der Waals surface area contributed by atoms with Crippen molar-refractivity contribution in [2.75, 3.05) is 58.0 Å². The molecular weight excluding hydrogens is 541 g/mol. The molecule has 3 aromatic rings. The van der Waals surface area contributed by atoms with Crippen molar-refractivity contribution in [1.29, 1.82) is 0 Å². The number of alkyl halides is 3. The van der Waals surface area contributed by atoms with E-state index >= 15 is 0 Å². The van der Waals surface area contributed by atoms with Gasteiger partial charge < -0.3 is 25.3 Å². The lowest BCUT2D eigenvalue weighted by atomic mass is 9.95. The number of aromatic nitrogens is 3. The average molecular weight is 575 g/mol. The van der Waals surface area contributed by atoms with Crippen molar-refractivity contribution in [3.05, 3.63) is 41.7 Å². The normalized spacial score (nSPS) is 15.6. The third-order valence-corrected chi connectivity index (χ3v) is 7.30. The quantitative estimate of drug-likeness (QED) is 0.481. The van der Waals surface area contributed by atoms with Crippen LogP contribution in [0.25, 0.3) is 16.8 Å². The molecular formula is C27H33F3N8O3. The number of carbonyl (C=O) groups excluding carboxylic acids is 3. The molecule has 0 unspecified atom stereocenters. The summed E-state index contributed by atoms with van der Waals surface area (Å²) in [6, 6.07) is 5.43. The van der Waals surface area contributed by atoms with E-state index < -0.39 is 28.7 Å². The van der Waals surface area contributed by atoms with Crippen LogP contribution in [0.5, 0.6) is 0 Å². The van der Waals surface area contributed by atoms with E-state index in [2.05, 4.69) is 10.1 Å². The van der Waals surface area contributed by atoms with Gasteiger partial charge in [0.15, 0.2) is 5.82 Å². The Labute approximate surface area is 235 Å². The predicted molar refractivity (Wildman–Crippen MR) is 147 cm³/mol. The molecule has 2 aromatic heterocycles. The molecule has 220 valence electrons. The summed E-state index contributed by atoms with van der Waals surface area (Å²) in [5, 5.41) is 4.01. The molecule has 3 amide bonds. The summed E-state index contributed by atoms with van der Waals surface area (Å²) < 4.78 is 42.9. The number of anilines is 2. The van der Waals surface area contributed by atoms with Crippen molar-refractivity contribution in [1.82, 2.24) is 29.3 Å². The van der Waals surface area contributed by atoms with Gasteiger partial charge >= 0.3 is 6.18 Å². The van der Waals surface area contributed by atoms with Crippen LogP contribution in [0.2, 0.25) is 0 Å². The third kappa shape index (κ3) is 5.43. The minimum Gasteiger partial charge on any atom is -0.382 e. The molecule has 1 aliphatic heterocycles. The Morgan fingerprint density at radius 2 is 1.78 bits per heavy atom. The zero-order chi connectivity index (χ0) is 30.4. The van der Waals surface area contributed by atoms with Crippen LogP contribution in [0.4, 0.5) is 24.7 Å². The number of nitrogen functional groups attached to an aromatic ring is 1. The van der Waals surface area contributed by atoms with Gasteiger partial charge in [-0.05, 0) is 46.1 Å². The van der Waals surface area contributed by atoms with Gasteiger partial charge in [0.25, 0.3) is 11.8 Å². The van der Waals surface area contributed by atoms with E-state index in [9.17, 15) is 27.6 Å². The van der Waals surface area contributed by atoms with E-state index in [1.165, 1.54) is 39.8 Å². The molecule has 0 bridgehead atoms. The maximum atomic E-state index is 14.0. The van der Waals surface area contributed by atoms with Crippen molar-refractivity contribution in [2.45, 2.75) is 32.5 Å². The van der Waals surface area contributed by atoms with Crippen LogP contribution in [0.3, 0.4) is 0 Å². The molecule has 0 saturated carbocycles. The SMILES string of the molecule is CC(=O)N1CCN(c2cc(-c3cc(C(F)(F)F)c4c(N)ncnn34)ccc2C(=O)N(C)CCN(C)C)C(=O)C1(C)C. The first-order valence-electron chi connectivity index (χ1n) is 12.9. The number of nitrogens with two attached hydrogens (primary N) is 1. The van der Waals surface area contributed by atoms with Gasteiger partial charge in [0.05, 0.1) is 22.5 Å². The van der Waals surface area contributed by atoms with Gasteiger partial charge in [0.1, 0.15) is 17.4 Å². The highest BCUT2D eigenvalue weighted by atomic mass is 19.4. The molecule has 0 spiro atoms. The molecule has 0 atom stereocenters. The lowest BCUT2D eigenvalue weighted by molar-refractivity contribution is -0.145. The fraction of sp³-hybridized carbons (Fsp3) is 0.444. The molecule has 0 radical (unpaired) electrons. The van der Waals surface area contributed by atoms with E-state index in [1.54, 1.807) is 20.9 Å². The van der Waals surface area contributed by atoms with Crippen molar-refractivity contribution in [2.24, 2.45) is 0 Å². The van der Waals surface area contributed by atoms with E-state index in [0.717, 1.165) is 16.9 Å². The summed E-state index contributed by atoms with van der Waals surface area (Å²) in [7, 11) is 5.39. The Balaban J connectivity index is 1.90. The van der Waals surface area contributed by atoms with Crippen molar-refractivity contribution >= 4 is 34.7 Å². The first-order chi connectivity index (χ1) is 19.1. The van der Waals surface area contributed by atoms with Crippen LogP contribution in [0, 0.1) is 0 Å². The third-order valence-electron chi connectivity index (χ3n) is 7.30. The van der Waals surface area contributed by atoms with Crippen LogP contribution >= 0.6 is 0 Å². The number of likely N-dealkylation sites (N-methyl/N-ethyl adjacent to an activating group) is 2. The number of halogens is 3. The summed E-state index contributed by atoms with van der Waals surface area (Å²) in [5.41, 5.74) is 3.93. The zero-order valence-corrected chi connectivity index (χ0v) is 23.8. The smallest absolute Gasteiger partial charge is 0.382 e. The molecule has 14 heteroatoms. The topological polar surface area (TPSA) is 120 Å². The highest BCUT2D eigenvalue weighted by Gasteiger charge is 2.44. The molecule has 3 heterocycles. The Bertz CT molecular complexity index is 1520. The first kappa shape index (κ1) is 29.8. The molecule has 1 aromatic carbocycles. The Kier molecular flexibility index (Phi) is 7.74. The monoisotopic (exact) mass is 574 g/mol. The van der Waals surface area contributed by atoms with E-state index in [-0.39, 0.29) is 53.2 Å². The number of rotatable bonds is 6. The van der Waals surface area contributed by atoms with Gasteiger partial charge in [-0.2, -0.15) is 18.3 Å². The number of carbonyl (C=O) groups is 3. The van der Waals surface area contributed by atoms with Gasteiger partial charge in [-0.15, -0.1) is 0 Å². The van der Waals surface area contributed by atoms with Crippen molar-refractivity contribution < 1.29 is 27.6 Å². The number of nitrogens with zero attached hydrogens (tertiary/aromatic N) is 7. The molecule has 2 N–H and O–H groups in total. The summed E-state index contributed by atoms with van der Waals surface area (Å²) in [6.07, 6.45) is -3.68. The van der Waals surface area contributed by atoms with Crippen molar-refractivity contribution in [3.8, 4) is 11.3 Å². The fourth-order valence-corrected chi connectivity index (χ4v) is 5.05. The number of hydrogen-bond donors (Lipinski definition) is 1. The number of hydrogen-bond acceptors (Lipinski definition) is 7. The summed E-state index contributed by atoms with van der Waals surface area (Å²) in [5.74, 6) is -1.40. The lowest BCUT2D eigenvalue weighted by Crippen LogP contribution is -2.64. The number of amides is 3. The van der Waals surface area contributed by atoms with Gasteiger partial charge in [-0.25, -0.2) is 9.50 Å². The van der Waals surface area contributed by atoms with Crippen LogP contribution in [0.15, 0.2) is 30.6 Å². The molecule has 1 fully saturated rings. The molecule has 0 aliphatic carbocycles. The van der Waals surface area contributed by atoms with Crippen LogP contribution in [-0.4, -0.2) is 99.9 Å². The molecule has 4 rings (SSSR count). The standard InChI is InChI=1S/C27H33F3N8O3/c1-16(39)37-12-11-36(25(41)26(37,2)3)21-13-17(7-8-18(21)24(40)35(6)10-9-34(4)5)20-14-19(27(28,29)30)22-23(31)32-15-33-38(20)22/h7-8,13-15H,9-12H2,1-6H3,(H2,31,32,33). The van der Waals surface area contributed by atoms with Crippen LogP contribution in [0.1, 0.15) is 36.7 Å². The number of piperazine rings is 1. The molecule has 41 heavy (non-hydrogen) atoms. The molecule has 1 saturated heterocycles. The maximum absolute atomic E-state index is 14.0. The Morgan fingerprint density at radius 3 is 2.39 bits per heavy atom. The zero-order valence-electron chi connectivity index (χ0n) is 23.8. The molecule has 11 nitrogen and oxygen atoms in total. The predicted octanol–water partition coefficient (Wildman–Crippen LogP) is 2.60. The highest BCUT2D eigenvalue weighted by Crippen LogP contribution is 2.40. The van der Waals surface area contributed by atoms with Crippen LogP contribution in [-0.2, 0) is 15.8 Å². The van der Waals surface area contributed by atoms with E-state index in [4.69, 9.17) is 5.73 Å². The van der Waals surface area contributed by atoms with Crippen molar-refractivity contribution in [3.63, 3.8) is 0 Å². The number of fused-ring (bicyclic) bond motifs is 1. The van der Waals surface area contributed by atoms with Gasteiger partial charge in [0, 0.05) is 45.7 Å². The minimum absolute atomic E-state index is 0.0525. The Hall–Kier alpha value is -4.20. The Morgan fingerprint density at radius 1 is 1.10 bits per heavy atom. The van der Waals surface area contributed by atoms with E-state index in [1.807, 2.05) is 19.0 Å². The molecule has 1 aliphatic rings. The summed E-state index contributed by atoms with van der Waals surface area (Å²) in [4.78, 5) is 49.7. The van der Waals surface area contributed by atoms with Gasteiger partial charge in [0.2, 0.25) is 5.91 Å². The van der Waals surface area contributed by atoms with Gasteiger partial charge in [-0.1, -0.05) is 6.07 Å². The second kappa shape index (κ2) is 10.7. The summed E-state index contributed by atoms with van der Waals surface area (Å²) in [6.45, 7) is 5.91. The largest absolute Gasteiger partial charge is 0.418 e. The fourth-order valence-electron chi connectivity index (χ4n) is 5.05. The number of benzene rings is 1. The van der Waals surface area contributed by atoms with E-state index in [0.29, 0.717) is 13.1 Å². The lowest BCUT2D eigenvalue weighted by Gasteiger charge is -2.46. The van der Waals surface area contributed by atoms with Gasteiger partial charge in [-0.3, -0.25) is 14.4 Å². The maximum Gasteiger partial charge on any atom is 0.418 e. The second-order valence-electron chi connectivity index (χ2n) is 10.8. The minimum atomic E-state index is -4.74.